The van der Waals surface area contributed by atoms with E-state index < -0.39 is 0 Å². The average Bonchev–Trinajstić information content (AvgIpc) is 3.41. The second-order valence-electron chi connectivity index (χ2n) is 8.01. The van der Waals surface area contributed by atoms with Crippen molar-refractivity contribution in [3.63, 3.8) is 0 Å². The van der Waals surface area contributed by atoms with Crippen molar-refractivity contribution in [2.24, 2.45) is 0 Å². The second kappa shape index (κ2) is 7.99. The third-order valence-corrected chi connectivity index (χ3v) is 6.08. The fraction of sp³-hybridized carbons (Fsp3) is 0.500. The van der Waals surface area contributed by atoms with Gasteiger partial charge in [0.2, 0.25) is 11.7 Å². The highest BCUT2D eigenvalue weighted by Gasteiger charge is 2.26. The summed E-state index contributed by atoms with van der Waals surface area (Å²) in [6.45, 7) is 4.06. The van der Waals surface area contributed by atoms with Crippen LogP contribution < -0.4 is 4.74 Å². The molecule has 7 heteroatoms. The first-order valence-corrected chi connectivity index (χ1v) is 10.5. The maximum atomic E-state index is 5.62. The lowest BCUT2D eigenvalue weighted by atomic mass is 9.96. The molecule has 1 aromatic carbocycles. The number of ether oxygens (including phenoxy) is 1. The Hall–Kier alpha value is -2.67. The summed E-state index contributed by atoms with van der Waals surface area (Å²) >= 11 is 0. The largest absolute Gasteiger partial charge is 0.496 e. The molecule has 152 valence electrons. The van der Waals surface area contributed by atoms with E-state index in [9.17, 15) is 0 Å². The molecule has 2 aromatic heterocycles. The van der Waals surface area contributed by atoms with Crippen LogP contribution in [-0.4, -0.2) is 45.0 Å². The minimum atomic E-state index is 0.317. The average molecular weight is 393 g/mol. The number of methoxy groups -OCH3 is 1. The molecule has 0 spiro atoms. The molecule has 2 aliphatic heterocycles. The van der Waals surface area contributed by atoms with E-state index in [1.807, 2.05) is 24.3 Å². The fourth-order valence-electron chi connectivity index (χ4n) is 4.46. The summed E-state index contributed by atoms with van der Waals surface area (Å²) in [7, 11) is 1.66. The van der Waals surface area contributed by atoms with E-state index in [0.29, 0.717) is 11.7 Å². The minimum absolute atomic E-state index is 0.317. The Bertz CT molecular complexity index is 948. The van der Waals surface area contributed by atoms with Gasteiger partial charge in [-0.3, -0.25) is 9.58 Å². The summed E-state index contributed by atoms with van der Waals surface area (Å²) < 4.78 is 13.2. The molecule has 0 bridgehead atoms. The van der Waals surface area contributed by atoms with Gasteiger partial charge in [-0.25, -0.2) is 0 Å². The third-order valence-electron chi connectivity index (χ3n) is 6.08. The Morgan fingerprint density at radius 2 is 2.00 bits per heavy atom. The zero-order valence-corrected chi connectivity index (χ0v) is 16.9. The maximum absolute atomic E-state index is 5.62. The molecular weight excluding hydrogens is 366 g/mol. The third kappa shape index (κ3) is 3.79. The van der Waals surface area contributed by atoms with E-state index in [0.717, 1.165) is 56.2 Å². The van der Waals surface area contributed by atoms with Gasteiger partial charge in [-0.2, -0.15) is 10.1 Å². The van der Waals surface area contributed by atoms with Crippen LogP contribution >= 0.6 is 0 Å². The van der Waals surface area contributed by atoms with E-state index >= 15 is 0 Å². The van der Waals surface area contributed by atoms with Crippen molar-refractivity contribution in [1.82, 2.24) is 24.8 Å². The molecule has 0 unspecified atom stereocenters. The van der Waals surface area contributed by atoms with Crippen LogP contribution in [0.25, 0.3) is 11.4 Å². The summed E-state index contributed by atoms with van der Waals surface area (Å²) in [5.41, 5.74) is 3.47. The highest BCUT2D eigenvalue weighted by atomic mass is 16.5. The van der Waals surface area contributed by atoms with Crippen LogP contribution in [-0.2, 0) is 19.5 Å². The first kappa shape index (κ1) is 18.4. The zero-order valence-electron chi connectivity index (χ0n) is 16.9. The highest BCUT2D eigenvalue weighted by Crippen LogP contribution is 2.32. The summed E-state index contributed by atoms with van der Waals surface area (Å²) in [4.78, 5) is 7.16. The molecule has 0 atom stereocenters. The molecule has 1 saturated heterocycles. The van der Waals surface area contributed by atoms with E-state index in [4.69, 9.17) is 14.4 Å². The maximum Gasteiger partial charge on any atom is 0.230 e. The molecule has 0 N–H and O–H groups in total. The van der Waals surface area contributed by atoms with Crippen molar-refractivity contribution in [2.45, 2.75) is 51.1 Å². The first-order valence-electron chi connectivity index (χ1n) is 10.5. The van der Waals surface area contributed by atoms with Gasteiger partial charge in [-0.15, -0.1) is 0 Å². The molecule has 7 nitrogen and oxygen atoms in total. The minimum Gasteiger partial charge on any atom is -0.496 e. The Morgan fingerprint density at radius 3 is 2.83 bits per heavy atom. The van der Waals surface area contributed by atoms with Gasteiger partial charge in [-0.1, -0.05) is 17.3 Å². The second-order valence-corrected chi connectivity index (χ2v) is 8.01. The van der Waals surface area contributed by atoms with Crippen LogP contribution in [0.4, 0.5) is 0 Å². The molecule has 5 rings (SSSR count). The Kier molecular flexibility index (Phi) is 5.06. The number of aryl methyl sites for hydroxylation is 2. The van der Waals surface area contributed by atoms with Crippen molar-refractivity contribution in [2.75, 3.05) is 20.2 Å². The van der Waals surface area contributed by atoms with Crippen LogP contribution in [0.3, 0.4) is 0 Å². The molecule has 0 aliphatic carbocycles. The van der Waals surface area contributed by atoms with Crippen LogP contribution in [0.2, 0.25) is 0 Å². The number of aromatic nitrogens is 4. The Morgan fingerprint density at radius 1 is 1.14 bits per heavy atom. The van der Waals surface area contributed by atoms with Crippen molar-refractivity contribution < 1.29 is 9.26 Å². The van der Waals surface area contributed by atoms with E-state index in [1.165, 1.54) is 30.7 Å². The van der Waals surface area contributed by atoms with Gasteiger partial charge in [0.25, 0.3) is 0 Å². The monoisotopic (exact) mass is 393 g/mol. The molecule has 0 radical (unpaired) electrons. The molecular formula is C22H27N5O2. The van der Waals surface area contributed by atoms with E-state index in [1.54, 1.807) is 7.11 Å². The lowest BCUT2D eigenvalue weighted by Crippen LogP contribution is -2.32. The lowest BCUT2D eigenvalue weighted by Gasteiger charge is -2.29. The molecule has 4 heterocycles. The van der Waals surface area contributed by atoms with Crippen LogP contribution in [0.1, 0.15) is 48.9 Å². The Labute approximate surface area is 170 Å². The summed E-state index contributed by atoms with van der Waals surface area (Å²) in [6.07, 6.45) is 5.76. The predicted octanol–water partition coefficient (Wildman–Crippen LogP) is 3.66. The molecule has 3 aromatic rings. The molecule has 29 heavy (non-hydrogen) atoms. The lowest BCUT2D eigenvalue weighted by molar-refractivity contribution is 0.185. The number of piperidine rings is 1. The topological polar surface area (TPSA) is 69.2 Å². The van der Waals surface area contributed by atoms with Gasteiger partial charge in [0, 0.05) is 24.7 Å². The van der Waals surface area contributed by atoms with Crippen molar-refractivity contribution in [3.05, 3.63) is 47.6 Å². The SMILES string of the molecule is COc1ccccc1-c1noc(C2CCN(Cc3cc4n(n3)CCCC4)CC2)n1. The molecule has 2 aliphatic rings. The summed E-state index contributed by atoms with van der Waals surface area (Å²) in [6, 6.07) is 10.1. The standard InChI is InChI=1S/C22H27N5O2/c1-28-20-8-3-2-7-19(20)21-23-22(29-25-21)16-9-12-26(13-10-16)15-17-14-18-6-4-5-11-27(18)24-17/h2-3,7-8,14,16H,4-6,9-13,15H2,1H3. The number of fused-ring (bicyclic) bond motifs is 1. The van der Waals surface area contributed by atoms with Crippen molar-refractivity contribution in [3.8, 4) is 17.1 Å². The number of likely N-dealkylation sites (tertiary alicyclic amines) is 1. The number of hydrogen-bond acceptors (Lipinski definition) is 6. The number of para-hydroxylation sites is 1. The first-order chi connectivity index (χ1) is 14.3. The quantitative estimate of drug-likeness (QED) is 0.659. The smallest absolute Gasteiger partial charge is 0.230 e. The summed E-state index contributed by atoms with van der Waals surface area (Å²) in [5, 5.41) is 9.00. The van der Waals surface area contributed by atoms with Crippen LogP contribution in [0.5, 0.6) is 5.75 Å². The van der Waals surface area contributed by atoms with E-state index in [2.05, 4.69) is 25.8 Å². The van der Waals surface area contributed by atoms with Crippen LogP contribution in [0, 0.1) is 0 Å². The molecule has 0 saturated carbocycles. The number of nitrogens with zero attached hydrogens (tertiary/aromatic N) is 5. The predicted molar refractivity (Wildman–Crippen MR) is 109 cm³/mol. The Balaban J connectivity index is 1.21. The van der Waals surface area contributed by atoms with Gasteiger partial charge >= 0.3 is 0 Å². The van der Waals surface area contributed by atoms with Gasteiger partial charge in [0.1, 0.15) is 5.75 Å². The highest BCUT2D eigenvalue weighted by molar-refractivity contribution is 5.63. The molecule has 0 amide bonds. The molecule has 1 fully saturated rings. The van der Waals surface area contributed by atoms with Gasteiger partial charge < -0.3 is 9.26 Å². The van der Waals surface area contributed by atoms with Gasteiger partial charge in [0.15, 0.2) is 0 Å². The number of hydrogen-bond donors (Lipinski definition) is 0. The normalized spacial score (nSPS) is 18.0. The van der Waals surface area contributed by atoms with Crippen molar-refractivity contribution >= 4 is 0 Å². The fourth-order valence-corrected chi connectivity index (χ4v) is 4.46. The van der Waals surface area contributed by atoms with Crippen molar-refractivity contribution in [1.29, 1.82) is 0 Å². The number of rotatable bonds is 5. The summed E-state index contributed by atoms with van der Waals surface area (Å²) in [5.74, 6) is 2.42. The zero-order chi connectivity index (χ0) is 19.6. The van der Waals surface area contributed by atoms with Gasteiger partial charge in [0.05, 0.1) is 18.4 Å². The van der Waals surface area contributed by atoms with E-state index in [-0.39, 0.29) is 0 Å². The van der Waals surface area contributed by atoms with Gasteiger partial charge in [-0.05, 0) is 63.4 Å². The van der Waals surface area contributed by atoms with Crippen LogP contribution in [0.15, 0.2) is 34.9 Å². The number of benzene rings is 1.